The van der Waals surface area contributed by atoms with E-state index in [0.717, 1.165) is 0 Å². The van der Waals surface area contributed by atoms with Crippen LogP contribution in [0.4, 0.5) is 5.69 Å². The van der Waals surface area contributed by atoms with E-state index >= 15 is 0 Å². The van der Waals surface area contributed by atoms with Crippen molar-refractivity contribution < 1.29 is 13.2 Å². The average Bonchev–Trinajstić information content (AvgIpc) is 2.73. The minimum atomic E-state index is -3.62. The monoisotopic (exact) mass is 302 g/mol. The first kappa shape index (κ1) is 13.6. The fraction of sp³-hybridized carbons (Fsp3) is 0.133. The van der Waals surface area contributed by atoms with Gasteiger partial charge in [0.15, 0.2) is 5.84 Å². The van der Waals surface area contributed by atoms with Gasteiger partial charge in [-0.25, -0.2) is 0 Å². The van der Waals surface area contributed by atoms with Crippen LogP contribution in [0.5, 0.6) is 5.75 Å². The summed E-state index contributed by atoms with van der Waals surface area (Å²) in [6.07, 6.45) is 0. The Bertz CT molecular complexity index is 813. The van der Waals surface area contributed by atoms with Crippen LogP contribution in [0.3, 0.4) is 0 Å². The zero-order valence-corrected chi connectivity index (χ0v) is 12.2. The van der Waals surface area contributed by atoms with Crippen molar-refractivity contribution in [2.75, 3.05) is 11.9 Å². The van der Waals surface area contributed by atoms with Gasteiger partial charge in [0.05, 0.1) is 12.3 Å². The molecule has 0 atom stereocenters. The van der Waals surface area contributed by atoms with E-state index in [1.165, 1.54) is 0 Å². The summed E-state index contributed by atoms with van der Waals surface area (Å²) in [5, 5.41) is 3.05. The maximum atomic E-state index is 12.0. The van der Waals surface area contributed by atoms with E-state index < -0.39 is 10.0 Å². The van der Waals surface area contributed by atoms with Gasteiger partial charge in [0, 0.05) is 5.56 Å². The molecule has 0 fully saturated rings. The molecule has 2 aromatic carbocycles. The molecule has 2 aromatic rings. The molecular weight excluding hydrogens is 288 g/mol. The Labute approximate surface area is 123 Å². The van der Waals surface area contributed by atoms with E-state index in [1.54, 1.807) is 24.3 Å². The summed E-state index contributed by atoms with van der Waals surface area (Å²) in [4.78, 5) is 0.224. The number of hydrogen-bond donors (Lipinski definition) is 1. The Hall–Kier alpha value is -2.34. The van der Waals surface area contributed by atoms with Gasteiger partial charge in [-0.2, -0.15) is 8.42 Å². The number of fused-ring (bicyclic) bond motifs is 1. The lowest BCUT2D eigenvalue weighted by molar-refractivity contribution is 0.342. The molecule has 0 saturated heterocycles. The zero-order valence-electron chi connectivity index (χ0n) is 11.4. The Morgan fingerprint density at radius 3 is 2.62 bits per heavy atom. The van der Waals surface area contributed by atoms with Crippen LogP contribution in [0.1, 0.15) is 12.5 Å². The first-order valence-corrected chi connectivity index (χ1v) is 7.99. The number of amidine groups is 1. The standard InChI is InChI=1S/C15H14N2O3S/c1-2-20-13-9-5-4-8-12(13)16-15-11-7-3-6-10-14(11)21(18,19)17-15/h3-10H,2H2,1H3,(H,16,17). The average molecular weight is 302 g/mol. The Kier molecular flexibility index (Phi) is 3.39. The summed E-state index contributed by atoms with van der Waals surface area (Å²) in [6.45, 7) is 2.42. The fourth-order valence-corrected chi connectivity index (χ4v) is 3.35. The lowest BCUT2D eigenvalue weighted by Gasteiger charge is -2.11. The van der Waals surface area contributed by atoms with Gasteiger partial charge in [-0.15, -0.1) is 4.40 Å². The van der Waals surface area contributed by atoms with Crippen molar-refractivity contribution in [2.45, 2.75) is 11.8 Å². The minimum absolute atomic E-state index is 0.224. The number of nitrogens with one attached hydrogen (secondary N) is 1. The van der Waals surface area contributed by atoms with Crippen molar-refractivity contribution in [1.82, 2.24) is 0 Å². The van der Waals surface area contributed by atoms with Gasteiger partial charge in [-0.1, -0.05) is 24.3 Å². The lowest BCUT2D eigenvalue weighted by atomic mass is 10.2. The maximum absolute atomic E-state index is 12.0. The Morgan fingerprint density at radius 2 is 1.81 bits per heavy atom. The van der Waals surface area contributed by atoms with E-state index in [-0.39, 0.29) is 4.90 Å². The van der Waals surface area contributed by atoms with Crippen LogP contribution in [-0.2, 0) is 10.0 Å². The number of ether oxygens (including phenoxy) is 1. The van der Waals surface area contributed by atoms with E-state index in [2.05, 4.69) is 9.71 Å². The number of para-hydroxylation sites is 2. The minimum Gasteiger partial charge on any atom is -0.492 e. The maximum Gasteiger partial charge on any atom is 0.285 e. The summed E-state index contributed by atoms with van der Waals surface area (Å²) in [5.41, 5.74) is 1.26. The van der Waals surface area contributed by atoms with Crippen LogP contribution >= 0.6 is 0 Å². The van der Waals surface area contributed by atoms with Crippen LogP contribution in [0.2, 0.25) is 0 Å². The second kappa shape index (κ2) is 5.21. The van der Waals surface area contributed by atoms with Crippen LogP contribution in [0.15, 0.2) is 57.8 Å². The lowest BCUT2D eigenvalue weighted by Crippen LogP contribution is -2.12. The van der Waals surface area contributed by atoms with Gasteiger partial charge in [0.25, 0.3) is 10.0 Å². The van der Waals surface area contributed by atoms with Crippen molar-refractivity contribution in [3.05, 3.63) is 54.1 Å². The quantitative estimate of drug-likeness (QED) is 0.946. The summed E-state index contributed by atoms with van der Waals surface area (Å²) in [7, 11) is -3.62. The molecular formula is C15H14N2O3S. The molecule has 3 rings (SSSR count). The van der Waals surface area contributed by atoms with Crippen LogP contribution in [-0.4, -0.2) is 20.9 Å². The molecule has 0 saturated carbocycles. The van der Waals surface area contributed by atoms with Crippen LogP contribution < -0.4 is 10.1 Å². The summed E-state index contributed by atoms with van der Waals surface area (Å²) >= 11 is 0. The topological polar surface area (TPSA) is 67.8 Å². The van der Waals surface area contributed by atoms with E-state index in [1.807, 2.05) is 31.2 Å². The highest BCUT2D eigenvalue weighted by Gasteiger charge is 2.28. The predicted octanol–water partition coefficient (Wildman–Crippen LogP) is 2.65. The van der Waals surface area contributed by atoms with Crippen LogP contribution in [0.25, 0.3) is 0 Å². The van der Waals surface area contributed by atoms with Crippen molar-refractivity contribution in [1.29, 1.82) is 0 Å². The second-order valence-electron chi connectivity index (χ2n) is 4.47. The zero-order chi connectivity index (χ0) is 14.9. The van der Waals surface area contributed by atoms with Gasteiger partial charge in [-0.05, 0) is 31.2 Å². The molecule has 1 aliphatic heterocycles. The SMILES string of the molecule is CCOc1ccccc1NC1=NS(=O)(=O)c2ccccc21. The molecule has 1 aliphatic rings. The molecule has 0 amide bonds. The fourth-order valence-electron chi connectivity index (χ4n) is 2.17. The van der Waals surface area contributed by atoms with Gasteiger partial charge in [0.2, 0.25) is 0 Å². The summed E-state index contributed by atoms with van der Waals surface area (Å²) < 4.78 is 33.3. The highest BCUT2D eigenvalue weighted by atomic mass is 32.2. The highest BCUT2D eigenvalue weighted by Crippen LogP contribution is 2.29. The molecule has 108 valence electrons. The van der Waals surface area contributed by atoms with Gasteiger partial charge < -0.3 is 10.1 Å². The predicted molar refractivity (Wildman–Crippen MR) is 81.4 cm³/mol. The number of anilines is 1. The summed E-state index contributed by atoms with van der Waals surface area (Å²) in [6, 6.07) is 14.1. The molecule has 0 spiro atoms. The molecule has 1 N–H and O–H groups in total. The second-order valence-corrected chi connectivity index (χ2v) is 6.04. The smallest absolute Gasteiger partial charge is 0.285 e. The molecule has 0 aliphatic carbocycles. The van der Waals surface area contributed by atoms with Gasteiger partial charge in [-0.3, -0.25) is 0 Å². The molecule has 0 radical (unpaired) electrons. The molecule has 0 unspecified atom stereocenters. The third-order valence-corrected chi connectivity index (χ3v) is 4.41. The third-order valence-electron chi connectivity index (χ3n) is 3.07. The normalized spacial score (nSPS) is 15.2. The molecule has 0 bridgehead atoms. The molecule has 0 aromatic heterocycles. The largest absolute Gasteiger partial charge is 0.492 e. The Balaban J connectivity index is 2.01. The van der Waals surface area contributed by atoms with E-state index in [0.29, 0.717) is 29.4 Å². The highest BCUT2D eigenvalue weighted by molar-refractivity contribution is 7.90. The first-order chi connectivity index (χ1) is 10.1. The van der Waals surface area contributed by atoms with Gasteiger partial charge >= 0.3 is 0 Å². The number of benzene rings is 2. The number of hydrogen-bond acceptors (Lipinski definition) is 4. The first-order valence-electron chi connectivity index (χ1n) is 6.55. The number of sulfonamides is 1. The van der Waals surface area contributed by atoms with Crippen molar-refractivity contribution in [3.63, 3.8) is 0 Å². The Morgan fingerprint density at radius 1 is 1.10 bits per heavy atom. The number of rotatable bonds is 3. The molecule has 21 heavy (non-hydrogen) atoms. The molecule has 1 heterocycles. The molecule has 6 heteroatoms. The van der Waals surface area contributed by atoms with Crippen molar-refractivity contribution >= 4 is 21.5 Å². The third kappa shape index (κ3) is 2.50. The van der Waals surface area contributed by atoms with Crippen molar-refractivity contribution in [3.8, 4) is 5.75 Å². The molecule has 5 nitrogen and oxygen atoms in total. The van der Waals surface area contributed by atoms with E-state index in [4.69, 9.17) is 4.74 Å². The van der Waals surface area contributed by atoms with E-state index in [9.17, 15) is 8.42 Å². The number of nitrogens with zero attached hydrogens (tertiary/aromatic N) is 1. The van der Waals surface area contributed by atoms with Crippen LogP contribution in [0, 0.1) is 0 Å². The van der Waals surface area contributed by atoms with Gasteiger partial charge in [0.1, 0.15) is 10.6 Å². The summed E-state index contributed by atoms with van der Waals surface area (Å²) in [5.74, 6) is 0.974. The van der Waals surface area contributed by atoms with Crippen molar-refractivity contribution in [2.24, 2.45) is 4.40 Å².